The zero-order valence-corrected chi connectivity index (χ0v) is 12.9. The number of benzene rings is 1. The molecule has 1 aromatic carbocycles. The first-order valence-corrected chi connectivity index (χ1v) is 6.96. The Morgan fingerprint density at radius 2 is 2.19 bits per heavy atom. The number of carbonyl (C=O) groups is 1. The maximum absolute atomic E-state index is 12.0. The molecule has 0 saturated heterocycles. The molecule has 0 aliphatic heterocycles. The summed E-state index contributed by atoms with van der Waals surface area (Å²) in [6, 6.07) is 7.38. The molecule has 5 nitrogen and oxygen atoms in total. The SMILES string of the molecule is COc1ccccc1C(O)CNC(=O)C1CCC(N)C1.Cl. The smallest absolute Gasteiger partial charge is 0.223 e. The zero-order chi connectivity index (χ0) is 14.5. The molecule has 6 heteroatoms. The van der Waals surface area contributed by atoms with Crippen molar-refractivity contribution in [3.05, 3.63) is 29.8 Å². The third kappa shape index (κ3) is 4.59. The van der Waals surface area contributed by atoms with E-state index in [1.165, 1.54) is 0 Å². The molecule has 0 bridgehead atoms. The Labute approximate surface area is 131 Å². The second kappa shape index (κ2) is 8.22. The standard InChI is InChI=1S/C15H22N2O3.ClH/c1-20-14-5-3-2-4-12(14)13(18)9-17-15(19)10-6-7-11(16)8-10;/h2-5,10-11,13,18H,6-9,16H2,1H3,(H,17,19);1H. The van der Waals surface area contributed by atoms with Gasteiger partial charge < -0.3 is 20.9 Å². The van der Waals surface area contributed by atoms with Crippen molar-refractivity contribution in [1.82, 2.24) is 5.32 Å². The molecule has 0 aromatic heterocycles. The molecular formula is C15H23ClN2O3. The third-order valence-corrected chi connectivity index (χ3v) is 3.81. The predicted octanol–water partition coefficient (Wildman–Crippen LogP) is 1.39. The largest absolute Gasteiger partial charge is 0.496 e. The molecule has 21 heavy (non-hydrogen) atoms. The van der Waals surface area contributed by atoms with Gasteiger partial charge in [0.05, 0.1) is 13.2 Å². The maximum atomic E-state index is 12.0. The van der Waals surface area contributed by atoms with Gasteiger partial charge in [-0.1, -0.05) is 18.2 Å². The van der Waals surface area contributed by atoms with E-state index < -0.39 is 6.10 Å². The van der Waals surface area contributed by atoms with Gasteiger partial charge in [-0.2, -0.15) is 0 Å². The monoisotopic (exact) mass is 314 g/mol. The number of aliphatic hydroxyl groups excluding tert-OH is 1. The van der Waals surface area contributed by atoms with E-state index in [4.69, 9.17) is 10.5 Å². The number of aliphatic hydroxyl groups is 1. The van der Waals surface area contributed by atoms with Crippen molar-refractivity contribution >= 4 is 18.3 Å². The summed E-state index contributed by atoms with van der Waals surface area (Å²) >= 11 is 0. The molecule has 2 rings (SSSR count). The van der Waals surface area contributed by atoms with Crippen LogP contribution in [0, 0.1) is 5.92 Å². The molecule has 1 saturated carbocycles. The average molecular weight is 315 g/mol. The van der Waals surface area contributed by atoms with E-state index in [9.17, 15) is 9.90 Å². The highest BCUT2D eigenvalue weighted by molar-refractivity contribution is 5.85. The highest BCUT2D eigenvalue weighted by Gasteiger charge is 2.28. The van der Waals surface area contributed by atoms with Crippen molar-refractivity contribution < 1.29 is 14.6 Å². The van der Waals surface area contributed by atoms with Crippen LogP contribution < -0.4 is 15.8 Å². The molecule has 1 amide bonds. The van der Waals surface area contributed by atoms with Crippen LogP contribution >= 0.6 is 12.4 Å². The maximum Gasteiger partial charge on any atom is 0.223 e. The topological polar surface area (TPSA) is 84.6 Å². The fourth-order valence-corrected chi connectivity index (χ4v) is 2.65. The van der Waals surface area contributed by atoms with Gasteiger partial charge in [0.2, 0.25) is 5.91 Å². The molecule has 0 spiro atoms. The van der Waals surface area contributed by atoms with Crippen molar-refractivity contribution in [3.8, 4) is 5.75 Å². The second-order valence-electron chi connectivity index (χ2n) is 5.27. The number of amides is 1. The Hall–Kier alpha value is -1.30. The molecule has 4 N–H and O–H groups in total. The summed E-state index contributed by atoms with van der Waals surface area (Å²) in [6.07, 6.45) is 1.69. The minimum Gasteiger partial charge on any atom is -0.496 e. The number of ether oxygens (including phenoxy) is 1. The number of nitrogens with one attached hydrogen (secondary N) is 1. The van der Waals surface area contributed by atoms with Crippen LogP contribution in [0.15, 0.2) is 24.3 Å². The highest BCUT2D eigenvalue weighted by atomic mass is 35.5. The number of halogens is 1. The molecule has 118 valence electrons. The lowest BCUT2D eigenvalue weighted by atomic mass is 10.1. The lowest BCUT2D eigenvalue weighted by Gasteiger charge is -2.17. The van der Waals surface area contributed by atoms with Gasteiger partial charge in [-0.05, 0) is 25.3 Å². The van der Waals surface area contributed by atoms with Gasteiger partial charge in [0.1, 0.15) is 5.75 Å². The van der Waals surface area contributed by atoms with Crippen molar-refractivity contribution in [2.75, 3.05) is 13.7 Å². The molecule has 0 radical (unpaired) electrons. The number of para-hydroxylation sites is 1. The highest BCUT2D eigenvalue weighted by Crippen LogP contribution is 2.26. The Balaban J connectivity index is 0.00000220. The van der Waals surface area contributed by atoms with Crippen LogP contribution in [0.1, 0.15) is 30.9 Å². The number of rotatable bonds is 5. The Morgan fingerprint density at radius 3 is 2.81 bits per heavy atom. The number of methoxy groups -OCH3 is 1. The van der Waals surface area contributed by atoms with E-state index in [-0.39, 0.29) is 36.8 Å². The fourth-order valence-electron chi connectivity index (χ4n) is 2.65. The van der Waals surface area contributed by atoms with E-state index in [1.54, 1.807) is 19.2 Å². The quantitative estimate of drug-likeness (QED) is 0.767. The van der Waals surface area contributed by atoms with Crippen molar-refractivity contribution in [2.45, 2.75) is 31.4 Å². The second-order valence-corrected chi connectivity index (χ2v) is 5.27. The number of hydrogen-bond donors (Lipinski definition) is 3. The van der Waals surface area contributed by atoms with Crippen molar-refractivity contribution in [3.63, 3.8) is 0 Å². The van der Waals surface area contributed by atoms with Gasteiger partial charge in [0.25, 0.3) is 0 Å². The third-order valence-electron chi connectivity index (χ3n) is 3.81. The Kier molecular flexibility index (Phi) is 6.95. The summed E-state index contributed by atoms with van der Waals surface area (Å²) in [5.74, 6) is 0.582. The van der Waals surface area contributed by atoms with Crippen LogP contribution in [0.25, 0.3) is 0 Å². The number of carbonyl (C=O) groups excluding carboxylic acids is 1. The van der Waals surface area contributed by atoms with Crippen LogP contribution in [0.4, 0.5) is 0 Å². The summed E-state index contributed by atoms with van der Waals surface area (Å²) < 4.78 is 5.20. The normalized spacial score (nSPS) is 22.2. The lowest BCUT2D eigenvalue weighted by Crippen LogP contribution is -2.33. The molecule has 1 aliphatic rings. The fraction of sp³-hybridized carbons (Fsp3) is 0.533. The Bertz CT molecular complexity index is 470. The van der Waals surface area contributed by atoms with E-state index >= 15 is 0 Å². The first-order chi connectivity index (χ1) is 9.61. The molecule has 3 atom stereocenters. The van der Waals surface area contributed by atoms with E-state index in [1.807, 2.05) is 12.1 Å². The number of nitrogens with two attached hydrogens (primary N) is 1. The summed E-state index contributed by atoms with van der Waals surface area (Å²) in [5, 5.41) is 13.0. The van der Waals surface area contributed by atoms with Gasteiger partial charge >= 0.3 is 0 Å². The van der Waals surface area contributed by atoms with Crippen LogP contribution in [0.2, 0.25) is 0 Å². The van der Waals surface area contributed by atoms with E-state index in [0.29, 0.717) is 11.3 Å². The summed E-state index contributed by atoms with van der Waals surface area (Å²) in [6.45, 7) is 0.185. The Morgan fingerprint density at radius 1 is 1.48 bits per heavy atom. The minimum atomic E-state index is -0.773. The predicted molar refractivity (Wildman–Crippen MR) is 83.5 cm³/mol. The van der Waals surface area contributed by atoms with Crippen LogP contribution in [0.5, 0.6) is 5.75 Å². The summed E-state index contributed by atoms with van der Waals surface area (Å²) in [7, 11) is 1.56. The first kappa shape index (κ1) is 17.8. The van der Waals surface area contributed by atoms with Gasteiger partial charge in [-0.3, -0.25) is 4.79 Å². The molecule has 0 heterocycles. The minimum absolute atomic E-state index is 0. The number of hydrogen-bond acceptors (Lipinski definition) is 4. The lowest BCUT2D eigenvalue weighted by molar-refractivity contribution is -0.125. The van der Waals surface area contributed by atoms with Crippen LogP contribution in [0.3, 0.4) is 0 Å². The molecular weight excluding hydrogens is 292 g/mol. The van der Waals surface area contributed by atoms with Gasteiger partial charge in [-0.25, -0.2) is 0 Å². The molecule has 3 unspecified atom stereocenters. The summed E-state index contributed by atoms with van der Waals surface area (Å²) in [4.78, 5) is 12.0. The van der Waals surface area contributed by atoms with E-state index in [2.05, 4.69) is 5.32 Å². The van der Waals surface area contributed by atoms with Crippen molar-refractivity contribution in [1.29, 1.82) is 0 Å². The van der Waals surface area contributed by atoms with Gasteiger partial charge in [0, 0.05) is 24.1 Å². The van der Waals surface area contributed by atoms with Crippen molar-refractivity contribution in [2.24, 2.45) is 11.7 Å². The van der Waals surface area contributed by atoms with E-state index in [0.717, 1.165) is 19.3 Å². The molecule has 1 aromatic rings. The first-order valence-electron chi connectivity index (χ1n) is 6.96. The van der Waals surface area contributed by atoms with Gasteiger partial charge in [0.15, 0.2) is 0 Å². The summed E-state index contributed by atoms with van der Waals surface area (Å²) in [5.41, 5.74) is 6.48. The van der Waals surface area contributed by atoms with Crippen LogP contribution in [-0.4, -0.2) is 30.7 Å². The molecule has 1 fully saturated rings. The molecule has 1 aliphatic carbocycles. The average Bonchev–Trinajstić information content (AvgIpc) is 2.91. The van der Waals surface area contributed by atoms with Gasteiger partial charge in [-0.15, -0.1) is 12.4 Å². The zero-order valence-electron chi connectivity index (χ0n) is 12.1. The van der Waals surface area contributed by atoms with Crippen LogP contribution in [-0.2, 0) is 4.79 Å².